The Morgan fingerprint density at radius 3 is 2.95 bits per heavy atom. The lowest BCUT2D eigenvalue weighted by Crippen LogP contribution is -2.05. The van der Waals surface area contributed by atoms with E-state index in [4.69, 9.17) is 5.10 Å². The van der Waals surface area contributed by atoms with Gasteiger partial charge in [-0.2, -0.15) is 10.3 Å². The van der Waals surface area contributed by atoms with Crippen molar-refractivity contribution >= 4 is 0 Å². The predicted octanol–water partition coefficient (Wildman–Crippen LogP) is 1.77. The van der Waals surface area contributed by atoms with Crippen LogP contribution in [0.25, 0.3) is 11.5 Å². The fraction of sp³-hybridized carbons (Fsp3) is 0.333. The van der Waals surface area contributed by atoms with Crippen LogP contribution >= 0.6 is 0 Å². The fourth-order valence-corrected chi connectivity index (χ4v) is 3.52. The first-order valence-electron chi connectivity index (χ1n) is 7.27. The van der Waals surface area contributed by atoms with Gasteiger partial charge in [-0.05, 0) is 29.5 Å². The number of H-pyrrole nitrogens is 1. The third-order valence-electron chi connectivity index (χ3n) is 4.57. The maximum atomic E-state index is 4.78. The number of tetrazole rings is 1. The van der Waals surface area contributed by atoms with Gasteiger partial charge in [-0.1, -0.05) is 30.3 Å². The van der Waals surface area contributed by atoms with Gasteiger partial charge in [-0.15, -0.1) is 10.2 Å². The molecule has 2 aliphatic rings. The lowest BCUT2D eigenvalue weighted by Gasteiger charge is -2.06. The zero-order chi connectivity index (χ0) is 13.8. The molecule has 0 radical (unpaired) electrons. The van der Waals surface area contributed by atoms with Crippen molar-refractivity contribution in [2.45, 2.75) is 25.3 Å². The quantitative estimate of drug-likeness (QED) is 0.792. The molecule has 5 rings (SSSR count). The molecule has 104 valence electrons. The minimum absolute atomic E-state index is 0.611. The smallest absolute Gasteiger partial charge is 0.225 e. The molecule has 1 aromatic carbocycles. The number of hydrogen-bond donors (Lipinski definition) is 1. The summed E-state index contributed by atoms with van der Waals surface area (Å²) in [5, 5.41) is 19.2. The molecule has 0 unspecified atom stereocenters. The van der Waals surface area contributed by atoms with E-state index in [1.54, 1.807) is 0 Å². The SMILES string of the molecule is c1ccc(Cn2nc(-c3nn[nH]n3)c3c2[C@@H]2C[C@@H]2C3)cc1. The van der Waals surface area contributed by atoms with E-state index in [2.05, 4.69) is 49.6 Å². The van der Waals surface area contributed by atoms with E-state index in [-0.39, 0.29) is 0 Å². The highest BCUT2D eigenvalue weighted by atomic mass is 15.5. The molecule has 2 heterocycles. The van der Waals surface area contributed by atoms with Crippen molar-refractivity contribution in [3.05, 3.63) is 47.2 Å². The van der Waals surface area contributed by atoms with E-state index in [1.807, 2.05) is 6.07 Å². The predicted molar refractivity (Wildman–Crippen MR) is 75.5 cm³/mol. The highest BCUT2D eigenvalue weighted by molar-refractivity contribution is 5.59. The number of hydrogen-bond acceptors (Lipinski definition) is 4. The van der Waals surface area contributed by atoms with Crippen molar-refractivity contribution in [2.24, 2.45) is 5.92 Å². The van der Waals surface area contributed by atoms with E-state index in [0.717, 1.165) is 24.6 Å². The molecule has 0 amide bonds. The van der Waals surface area contributed by atoms with Gasteiger partial charge in [-0.3, -0.25) is 4.68 Å². The Labute approximate surface area is 121 Å². The van der Waals surface area contributed by atoms with Gasteiger partial charge in [0.2, 0.25) is 5.82 Å². The molecule has 3 aromatic rings. The van der Waals surface area contributed by atoms with Crippen LogP contribution in [0.1, 0.15) is 29.2 Å². The second kappa shape index (κ2) is 4.00. The molecule has 2 aromatic heterocycles. The molecule has 0 bridgehead atoms. The maximum Gasteiger partial charge on any atom is 0.225 e. The first kappa shape index (κ1) is 11.2. The molecule has 0 spiro atoms. The molecule has 6 heteroatoms. The molecule has 2 atom stereocenters. The van der Waals surface area contributed by atoms with Crippen LogP contribution in [0, 0.1) is 5.92 Å². The lowest BCUT2D eigenvalue weighted by molar-refractivity contribution is 0.645. The molecular weight excluding hydrogens is 264 g/mol. The average molecular weight is 278 g/mol. The summed E-state index contributed by atoms with van der Waals surface area (Å²) >= 11 is 0. The average Bonchev–Trinajstić information content (AvgIpc) is 2.92. The van der Waals surface area contributed by atoms with E-state index in [9.17, 15) is 0 Å². The van der Waals surface area contributed by atoms with Crippen molar-refractivity contribution in [3.8, 4) is 11.5 Å². The summed E-state index contributed by atoms with van der Waals surface area (Å²) in [4.78, 5) is 0. The van der Waals surface area contributed by atoms with Crippen molar-refractivity contribution in [1.29, 1.82) is 0 Å². The Hall–Kier alpha value is -2.50. The van der Waals surface area contributed by atoms with Crippen molar-refractivity contribution < 1.29 is 0 Å². The van der Waals surface area contributed by atoms with Gasteiger partial charge in [0.1, 0.15) is 5.69 Å². The van der Waals surface area contributed by atoms with Crippen LogP contribution in [-0.4, -0.2) is 30.4 Å². The number of nitrogens with zero attached hydrogens (tertiary/aromatic N) is 5. The van der Waals surface area contributed by atoms with Gasteiger partial charge in [0.25, 0.3) is 0 Å². The van der Waals surface area contributed by atoms with E-state index < -0.39 is 0 Å². The lowest BCUT2D eigenvalue weighted by atomic mass is 10.1. The van der Waals surface area contributed by atoms with Gasteiger partial charge in [-0.25, -0.2) is 0 Å². The van der Waals surface area contributed by atoms with Gasteiger partial charge in [0, 0.05) is 17.2 Å². The summed E-state index contributed by atoms with van der Waals surface area (Å²) in [5.41, 5.74) is 4.89. The first-order valence-corrected chi connectivity index (χ1v) is 7.27. The minimum atomic E-state index is 0.611. The largest absolute Gasteiger partial charge is 0.264 e. The van der Waals surface area contributed by atoms with Crippen molar-refractivity contribution in [3.63, 3.8) is 0 Å². The summed E-state index contributed by atoms with van der Waals surface area (Å²) in [6.45, 7) is 0.810. The van der Waals surface area contributed by atoms with E-state index >= 15 is 0 Å². The molecule has 1 fully saturated rings. The number of rotatable bonds is 3. The van der Waals surface area contributed by atoms with Crippen LogP contribution in [0.4, 0.5) is 0 Å². The van der Waals surface area contributed by atoms with Gasteiger partial charge >= 0.3 is 0 Å². The molecule has 21 heavy (non-hydrogen) atoms. The van der Waals surface area contributed by atoms with Crippen molar-refractivity contribution in [1.82, 2.24) is 30.4 Å². The fourth-order valence-electron chi connectivity index (χ4n) is 3.52. The summed E-state index contributed by atoms with van der Waals surface area (Å²) in [6, 6.07) is 10.5. The van der Waals surface area contributed by atoms with Gasteiger partial charge in [0.05, 0.1) is 6.54 Å². The second-order valence-corrected chi connectivity index (χ2v) is 5.90. The van der Waals surface area contributed by atoms with Crippen LogP contribution in [0.2, 0.25) is 0 Å². The molecule has 0 saturated heterocycles. The number of nitrogens with one attached hydrogen (secondary N) is 1. The Kier molecular flexibility index (Phi) is 2.13. The normalized spacial score (nSPS) is 22.1. The Balaban J connectivity index is 1.61. The summed E-state index contributed by atoms with van der Waals surface area (Å²) in [7, 11) is 0. The van der Waals surface area contributed by atoms with Crippen LogP contribution in [0.15, 0.2) is 30.3 Å². The van der Waals surface area contributed by atoms with Gasteiger partial charge in [0.15, 0.2) is 0 Å². The summed E-state index contributed by atoms with van der Waals surface area (Å²) in [6.07, 6.45) is 2.41. The van der Waals surface area contributed by atoms with Crippen LogP contribution < -0.4 is 0 Å². The summed E-state index contributed by atoms with van der Waals surface area (Å²) < 4.78 is 2.15. The van der Waals surface area contributed by atoms with Crippen molar-refractivity contribution in [2.75, 3.05) is 0 Å². The summed E-state index contributed by atoms with van der Waals surface area (Å²) in [5.74, 6) is 2.11. The standard InChI is InChI=1S/C15H14N6/c1-2-4-9(5-3-1)8-21-14-11-6-10(11)7-12(14)13(18-21)15-16-19-20-17-15/h1-5,10-11H,6-8H2,(H,16,17,19,20)/t10-,11-/m1/s1. The molecule has 1 N–H and O–H groups in total. The Morgan fingerprint density at radius 2 is 2.14 bits per heavy atom. The van der Waals surface area contributed by atoms with Crippen LogP contribution in [-0.2, 0) is 13.0 Å². The first-order chi connectivity index (χ1) is 10.4. The number of benzene rings is 1. The topological polar surface area (TPSA) is 72.3 Å². The monoisotopic (exact) mass is 278 g/mol. The van der Waals surface area contributed by atoms with E-state index in [1.165, 1.54) is 23.2 Å². The number of aromatic nitrogens is 6. The highest BCUT2D eigenvalue weighted by Gasteiger charge is 2.49. The molecular formula is C15H14N6. The van der Waals surface area contributed by atoms with Crippen LogP contribution in [0.3, 0.4) is 0 Å². The maximum absolute atomic E-state index is 4.78. The molecule has 1 saturated carbocycles. The molecule has 2 aliphatic carbocycles. The zero-order valence-electron chi connectivity index (χ0n) is 11.4. The number of fused-ring (bicyclic) bond motifs is 3. The molecule has 0 aliphatic heterocycles. The van der Waals surface area contributed by atoms with E-state index in [0.29, 0.717) is 11.7 Å². The Morgan fingerprint density at radius 1 is 1.24 bits per heavy atom. The van der Waals surface area contributed by atoms with Crippen LogP contribution in [0.5, 0.6) is 0 Å². The Bertz CT molecular complexity index is 789. The van der Waals surface area contributed by atoms with Gasteiger partial charge < -0.3 is 0 Å². The minimum Gasteiger partial charge on any atom is -0.264 e. The molecule has 6 nitrogen and oxygen atoms in total. The third kappa shape index (κ3) is 1.65. The number of aromatic amines is 1. The second-order valence-electron chi connectivity index (χ2n) is 5.90. The highest BCUT2D eigenvalue weighted by Crippen LogP contribution is 2.57. The third-order valence-corrected chi connectivity index (χ3v) is 4.57. The zero-order valence-corrected chi connectivity index (χ0v) is 11.4.